The molecule has 104 valence electrons. The summed E-state index contributed by atoms with van der Waals surface area (Å²) in [5.41, 5.74) is 0.567. The van der Waals surface area contributed by atoms with E-state index in [-0.39, 0.29) is 11.4 Å². The molecule has 0 aromatic heterocycles. The fourth-order valence-corrected chi connectivity index (χ4v) is 1.67. The Labute approximate surface area is 115 Å². The lowest BCUT2D eigenvalue weighted by Gasteiger charge is -2.13. The Balaban J connectivity index is 2.30. The Morgan fingerprint density at radius 3 is 2.55 bits per heavy atom. The number of halogens is 1. The van der Waals surface area contributed by atoms with Gasteiger partial charge in [-0.2, -0.15) is 0 Å². The molecule has 5 nitrogen and oxygen atoms in total. The summed E-state index contributed by atoms with van der Waals surface area (Å²) in [5.74, 6) is -0.137. The average Bonchev–Trinajstić information content (AvgIpc) is 2.38. The number of nitro groups is 1. The van der Waals surface area contributed by atoms with Crippen LogP contribution in [0.5, 0.6) is 11.5 Å². The number of nitro benzene ring substituents is 1. The number of anilines is 1. The van der Waals surface area contributed by atoms with E-state index in [9.17, 15) is 14.5 Å². The van der Waals surface area contributed by atoms with Crippen molar-refractivity contribution in [1.82, 2.24) is 0 Å². The first-order valence-electron chi connectivity index (χ1n) is 5.86. The molecule has 0 unspecified atom stereocenters. The smallest absolute Gasteiger partial charge is 0.276 e. The zero-order valence-electron chi connectivity index (χ0n) is 11.0. The van der Waals surface area contributed by atoms with E-state index in [1.54, 1.807) is 18.2 Å². The molecule has 0 aliphatic carbocycles. The van der Waals surface area contributed by atoms with Crippen molar-refractivity contribution in [3.63, 3.8) is 0 Å². The van der Waals surface area contributed by atoms with Gasteiger partial charge in [-0.1, -0.05) is 6.07 Å². The maximum absolute atomic E-state index is 13.3. The molecule has 6 heteroatoms. The minimum Gasteiger partial charge on any atom is -0.457 e. The number of hydrogen-bond acceptors (Lipinski definition) is 4. The van der Waals surface area contributed by atoms with Gasteiger partial charge >= 0.3 is 0 Å². The molecular weight excluding hydrogens is 263 g/mol. The van der Waals surface area contributed by atoms with Gasteiger partial charge in [0, 0.05) is 31.9 Å². The van der Waals surface area contributed by atoms with Crippen LogP contribution in [0.25, 0.3) is 0 Å². The van der Waals surface area contributed by atoms with Crippen molar-refractivity contribution in [1.29, 1.82) is 0 Å². The van der Waals surface area contributed by atoms with Crippen LogP contribution in [0.3, 0.4) is 0 Å². The third-order valence-corrected chi connectivity index (χ3v) is 2.64. The summed E-state index contributed by atoms with van der Waals surface area (Å²) in [6.07, 6.45) is 0. The summed E-state index contributed by atoms with van der Waals surface area (Å²) in [6.45, 7) is 0. The summed E-state index contributed by atoms with van der Waals surface area (Å²) in [6, 6.07) is 10.3. The first-order chi connectivity index (χ1) is 9.45. The summed E-state index contributed by atoms with van der Waals surface area (Å²) in [5, 5.41) is 10.7. The molecule has 0 aliphatic rings. The van der Waals surface area contributed by atoms with Crippen molar-refractivity contribution in [3.05, 3.63) is 58.4 Å². The fourth-order valence-electron chi connectivity index (χ4n) is 1.67. The van der Waals surface area contributed by atoms with Crippen LogP contribution in [-0.2, 0) is 0 Å². The maximum atomic E-state index is 13.3. The molecule has 0 saturated heterocycles. The second-order valence-electron chi connectivity index (χ2n) is 4.40. The Morgan fingerprint density at radius 2 is 1.90 bits per heavy atom. The summed E-state index contributed by atoms with van der Waals surface area (Å²) < 4.78 is 18.8. The number of ether oxygens (including phenoxy) is 1. The number of hydrogen-bond donors (Lipinski definition) is 0. The average molecular weight is 276 g/mol. The van der Waals surface area contributed by atoms with Crippen molar-refractivity contribution < 1.29 is 14.1 Å². The van der Waals surface area contributed by atoms with Crippen molar-refractivity contribution >= 4 is 11.4 Å². The first-order valence-corrected chi connectivity index (χ1v) is 5.86. The van der Waals surface area contributed by atoms with Crippen LogP contribution in [-0.4, -0.2) is 19.0 Å². The lowest BCUT2D eigenvalue weighted by atomic mass is 10.2. The molecule has 0 spiro atoms. The van der Waals surface area contributed by atoms with Crippen molar-refractivity contribution in [2.24, 2.45) is 0 Å². The molecule has 0 atom stereocenters. The summed E-state index contributed by atoms with van der Waals surface area (Å²) in [4.78, 5) is 11.9. The lowest BCUT2D eigenvalue weighted by molar-refractivity contribution is -0.385. The Kier molecular flexibility index (Phi) is 3.84. The summed E-state index contributed by atoms with van der Waals surface area (Å²) >= 11 is 0. The van der Waals surface area contributed by atoms with Crippen LogP contribution >= 0.6 is 0 Å². The summed E-state index contributed by atoms with van der Waals surface area (Å²) in [7, 11) is 3.76. The van der Waals surface area contributed by atoms with E-state index >= 15 is 0 Å². The Morgan fingerprint density at radius 1 is 1.15 bits per heavy atom. The minimum atomic E-state index is -0.710. The van der Waals surface area contributed by atoms with Crippen molar-refractivity contribution in [3.8, 4) is 11.5 Å². The van der Waals surface area contributed by atoms with Gasteiger partial charge in [-0.15, -0.1) is 0 Å². The highest BCUT2D eigenvalue weighted by atomic mass is 19.1. The van der Waals surface area contributed by atoms with E-state index in [0.717, 1.165) is 17.8 Å². The van der Waals surface area contributed by atoms with Gasteiger partial charge in [-0.05, 0) is 12.1 Å². The first kappa shape index (κ1) is 13.8. The number of benzene rings is 2. The molecule has 20 heavy (non-hydrogen) atoms. The number of nitrogens with zero attached hydrogens (tertiary/aromatic N) is 2. The van der Waals surface area contributed by atoms with E-state index in [2.05, 4.69) is 0 Å². The molecule has 0 saturated carbocycles. The molecule has 0 heterocycles. The third kappa shape index (κ3) is 3.23. The predicted octanol–water partition coefficient (Wildman–Crippen LogP) is 3.59. The normalized spacial score (nSPS) is 10.2. The van der Waals surface area contributed by atoms with E-state index in [1.165, 1.54) is 6.07 Å². The van der Waals surface area contributed by atoms with E-state index in [0.29, 0.717) is 5.75 Å². The largest absolute Gasteiger partial charge is 0.457 e. The SMILES string of the molecule is CN(C)c1cccc(Oc2cc(F)cc([N+](=O)[O-])c2)c1. The van der Waals surface area contributed by atoms with Crippen LogP contribution in [0.2, 0.25) is 0 Å². The highest BCUT2D eigenvalue weighted by molar-refractivity contribution is 5.51. The zero-order valence-corrected chi connectivity index (χ0v) is 11.0. The molecule has 0 radical (unpaired) electrons. The van der Waals surface area contributed by atoms with Crippen LogP contribution < -0.4 is 9.64 Å². The van der Waals surface area contributed by atoms with Gasteiger partial charge < -0.3 is 9.64 Å². The van der Waals surface area contributed by atoms with Gasteiger partial charge in [0.15, 0.2) is 0 Å². The van der Waals surface area contributed by atoms with Gasteiger partial charge in [0.1, 0.15) is 17.3 Å². The molecular formula is C14H13FN2O3. The molecule has 0 N–H and O–H groups in total. The van der Waals surface area contributed by atoms with Gasteiger partial charge in [0.2, 0.25) is 0 Å². The highest BCUT2D eigenvalue weighted by Gasteiger charge is 2.11. The lowest BCUT2D eigenvalue weighted by Crippen LogP contribution is -2.08. The molecule has 2 aromatic carbocycles. The number of non-ortho nitro benzene ring substituents is 1. The topological polar surface area (TPSA) is 55.6 Å². The fraction of sp³-hybridized carbons (Fsp3) is 0.143. The van der Waals surface area contributed by atoms with Crippen LogP contribution in [0.1, 0.15) is 0 Å². The molecule has 0 bridgehead atoms. The Bertz CT molecular complexity index is 644. The van der Waals surface area contributed by atoms with E-state index < -0.39 is 10.7 Å². The third-order valence-electron chi connectivity index (χ3n) is 2.64. The van der Waals surface area contributed by atoms with Gasteiger partial charge in [-0.3, -0.25) is 10.1 Å². The molecule has 0 fully saturated rings. The van der Waals surface area contributed by atoms with Gasteiger partial charge in [0.25, 0.3) is 5.69 Å². The molecule has 0 amide bonds. The van der Waals surface area contributed by atoms with Crippen molar-refractivity contribution in [2.45, 2.75) is 0 Å². The second-order valence-corrected chi connectivity index (χ2v) is 4.40. The quantitative estimate of drug-likeness (QED) is 0.632. The predicted molar refractivity (Wildman–Crippen MR) is 73.9 cm³/mol. The highest BCUT2D eigenvalue weighted by Crippen LogP contribution is 2.28. The monoisotopic (exact) mass is 276 g/mol. The molecule has 2 rings (SSSR count). The number of rotatable bonds is 4. The van der Waals surface area contributed by atoms with Crippen LogP contribution in [0.4, 0.5) is 15.8 Å². The standard InChI is InChI=1S/C14H13FN2O3/c1-16(2)11-4-3-5-13(8-11)20-14-7-10(15)6-12(9-14)17(18)19/h3-9H,1-2H3. The van der Waals surface area contributed by atoms with Crippen molar-refractivity contribution in [2.75, 3.05) is 19.0 Å². The van der Waals surface area contributed by atoms with Gasteiger partial charge in [0.05, 0.1) is 17.1 Å². The van der Waals surface area contributed by atoms with E-state index in [4.69, 9.17) is 4.74 Å². The zero-order chi connectivity index (χ0) is 14.7. The molecule has 2 aromatic rings. The molecule has 0 aliphatic heterocycles. The maximum Gasteiger partial charge on any atom is 0.276 e. The van der Waals surface area contributed by atoms with Gasteiger partial charge in [-0.25, -0.2) is 4.39 Å². The Hall–Kier alpha value is -2.63. The van der Waals surface area contributed by atoms with Crippen LogP contribution in [0.15, 0.2) is 42.5 Å². The van der Waals surface area contributed by atoms with Crippen LogP contribution in [0, 0.1) is 15.9 Å². The second kappa shape index (κ2) is 5.56. The minimum absolute atomic E-state index is 0.0904. The van der Waals surface area contributed by atoms with E-state index in [1.807, 2.05) is 25.1 Å².